The van der Waals surface area contributed by atoms with Crippen LogP contribution < -0.4 is 5.32 Å². The van der Waals surface area contributed by atoms with Crippen molar-refractivity contribution in [2.45, 2.75) is 56.7 Å². The Balaban J connectivity index is 1.87. The van der Waals surface area contributed by atoms with Crippen LogP contribution in [0.2, 0.25) is 0 Å². The van der Waals surface area contributed by atoms with Crippen LogP contribution in [0.15, 0.2) is 35.6 Å². The Morgan fingerprint density at radius 3 is 2.62 bits per heavy atom. The van der Waals surface area contributed by atoms with Crippen LogP contribution in [0.3, 0.4) is 0 Å². The third-order valence-corrected chi connectivity index (χ3v) is 7.17. The zero-order valence-electron chi connectivity index (χ0n) is 18.8. The lowest BCUT2D eigenvalue weighted by Crippen LogP contribution is -2.43. The summed E-state index contributed by atoms with van der Waals surface area (Å²) in [5, 5.41) is 3.93. The van der Waals surface area contributed by atoms with E-state index in [2.05, 4.69) is 15.2 Å². The van der Waals surface area contributed by atoms with Crippen LogP contribution in [0.1, 0.15) is 37.9 Å². The number of hydrogen-bond donors (Lipinski definition) is 1. The highest BCUT2D eigenvalue weighted by molar-refractivity contribution is 7.90. The minimum absolute atomic E-state index is 0.0111. The van der Waals surface area contributed by atoms with Gasteiger partial charge in [-0.3, -0.25) is 0 Å². The molecule has 1 aromatic heterocycles. The summed E-state index contributed by atoms with van der Waals surface area (Å²) in [5.74, 6) is -0.0498. The first-order chi connectivity index (χ1) is 15.2. The van der Waals surface area contributed by atoms with Crippen LogP contribution >= 0.6 is 12.2 Å². The van der Waals surface area contributed by atoms with Gasteiger partial charge in [-0.15, -0.1) is 0 Å². The smallest absolute Gasteiger partial charge is 0.228 e. The molecule has 1 aliphatic rings. The van der Waals surface area contributed by atoms with E-state index in [9.17, 15) is 12.8 Å². The van der Waals surface area contributed by atoms with E-state index in [1.165, 1.54) is 37.1 Å². The first-order valence-corrected chi connectivity index (χ1v) is 12.8. The molecule has 10 heteroatoms. The Labute approximate surface area is 194 Å². The van der Waals surface area contributed by atoms with E-state index in [-0.39, 0.29) is 17.0 Å². The third-order valence-electron chi connectivity index (χ3n) is 5.20. The molecule has 1 heterocycles. The zero-order valence-corrected chi connectivity index (χ0v) is 20.4. The summed E-state index contributed by atoms with van der Waals surface area (Å²) in [6.07, 6.45) is 3.97. The largest absolute Gasteiger partial charge is 0.383 e. The number of nitrogens with one attached hydrogen (secondary N) is 1. The average molecular weight is 483 g/mol. The van der Waals surface area contributed by atoms with Gasteiger partial charge in [0.15, 0.2) is 5.11 Å². The summed E-state index contributed by atoms with van der Waals surface area (Å²) >= 11 is 5.62. The second-order valence-corrected chi connectivity index (χ2v) is 10.8. The Morgan fingerprint density at radius 2 is 2.03 bits per heavy atom. The standard InChI is InChI=1S/C22H31FN4O3S2/c1-16(2)25-21(31)26(13-17-4-5-17)14-20-12-24-22(27(20)10-11-30-3)32(28,29)15-18-6-8-19(23)9-7-18/h6-9,12,16-17H,4-5,10-11,13-15H2,1-3H3,(H,25,31). The van der Waals surface area contributed by atoms with Gasteiger partial charge in [0.2, 0.25) is 15.0 Å². The predicted octanol–water partition coefficient (Wildman–Crippen LogP) is 3.14. The van der Waals surface area contributed by atoms with Gasteiger partial charge in [-0.2, -0.15) is 0 Å². The fraction of sp³-hybridized carbons (Fsp3) is 0.545. The van der Waals surface area contributed by atoms with Gasteiger partial charge < -0.3 is 19.5 Å². The number of imidazole rings is 1. The average Bonchev–Trinajstić information content (AvgIpc) is 3.45. The summed E-state index contributed by atoms with van der Waals surface area (Å²) in [7, 11) is -2.17. The van der Waals surface area contributed by atoms with Crippen molar-refractivity contribution in [1.29, 1.82) is 0 Å². The van der Waals surface area contributed by atoms with Crippen molar-refractivity contribution >= 4 is 27.2 Å². The lowest BCUT2D eigenvalue weighted by molar-refractivity contribution is 0.182. The summed E-state index contributed by atoms with van der Waals surface area (Å²) in [6.45, 7) is 6.05. The fourth-order valence-electron chi connectivity index (χ4n) is 3.42. The number of hydrogen-bond acceptors (Lipinski definition) is 5. The topological polar surface area (TPSA) is 76.5 Å². The first kappa shape index (κ1) is 24.6. The van der Waals surface area contributed by atoms with Crippen molar-refractivity contribution in [2.24, 2.45) is 5.92 Å². The molecule has 0 aliphatic heterocycles. The van der Waals surface area contributed by atoms with Crippen molar-refractivity contribution < 1.29 is 17.5 Å². The monoisotopic (exact) mass is 482 g/mol. The van der Waals surface area contributed by atoms with Crippen LogP contribution in [0.4, 0.5) is 4.39 Å². The molecular formula is C22H31FN4O3S2. The van der Waals surface area contributed by atoms with Crippen LogP contribution in [0, 0.1) is 11.7 Å². The van der Waals surface area contributed by atoms with Crippen molar-refractivity contribution in [3.8, 4) is 0 Å². The number of benzene rings is 1. The van der Waals surface area contributed by atoms with E-state index in [1.54, 1.807) is 17.9 Å². The highest BCUT2D eigenvalue weighted by atomic mass is 32.2. The van der Waals surface area contributed by atoms with Crippen LogP contribution in [-0.4, -0.2) is 54.3 Å². The summed E-state index contributed by atoms with van der Waals surface area (Å²) < 4.78 is 46.5. The minimum atomic E-state index is -3.75. The molecule has 0 spiro atoms. The van der Waals surface area contributed by atoms with E-state index < -0.39 is 15.7 Å². The van der Waals surface area contributed by atoms with Crippen LogP contribution in [-0.2, 0) is 33.4 Å². The molecule has 0 amide bonds. The van der Waals surface area contributed by atoms with Crippen molar-refractivity contribution in [3.63, 3.8) is 0 Å². The third kappa shape index (κ3) is 6.73. The van der Waals surface area contributed by atoms with Gasteiger partial charge in [0.1, 0.15) is 5.82 Å². The van der Waals surface area contributed by atoms with Crippen LogP contribution in [0.5, 0.6) is 0 Å². The van der Waals surface area contributed by atoms with Gasteiger partial charge in [-0.1, -0.05) is 12.1 Å². The molecule has 0 radical (unpaired) electrons. The van der Waals surface area contributed by atoms with Gasteiger partial charge in [0.05, 0.1) is 30.8 Å². The molecule has 1 aliphatic carbocycles. The fourth-order valence-corrected chi connectivity index (χ4v) is 5.31. The van der Waals surface area contributed by atoms with E-state index in [0.717, 1.165) is 12.2 Å². The SMILES string of the molecule is COCCn1c(CN(CC2CC2)C(=S)NC(C)C)cnc1S(=O)(=O)Cc1ccc(F)cc1. The summed E-state index contributed by atoms with van der Waals surface area (Å²) in [5.41, 5.74) is 1.26. The molecular weight excluding hydrogens is 451 g/mol. The van der Waals surface area contributed by atoms with Crippen LogP contribution in [0.25, 0.3) is 0 Å². The number of halogens is 1. The Morgan fingerprint density at radius 1 is 1.34 bits per heavy atom. The quantitative estimate of drug-likeness (QED) is 0.493. The number of ether oxygens (including phenoxy) is 1. The van der Waals surface area contributed by atoms with E-state index in [4.69, 9.17) is 17.0 Å². The maximum atomic E-state index is 13.2. The Hall–Kier alpha value is -2.04. The lowest BCUT2D eigenvalue weighted by Gasteiger charge is -2.27. The summed E-state index contributed by atoms with van der Waals surface area (Å²) in [6, 6.07) is 5.67. The molecule has 1 aromatic carbocycles. The van der Waals surface area contributed by atoms with Gasteiger partial charge in [0, 0.05) is 26.2 Å². The van der Waals surface area contributed by atoms with E-state index in [0.29, 0.717) is 36.3 Å². The van der Waals surface area contributed by atoms with Gasteiger partial charge >= 0.3 is 0 Å². The molecule has 0 atom stereocenters. The summed E-state index contributed by atoms with van der Waals surface area (Å²) in [4.78, 5) is 6.36. The van der Waals surface area contributed by atoms with Gasteiger partial charge in [0.25, 0.3) is 0 Å². The maximum Gasteiger partial charge on any atom is 0.228 e. The molecule has 0 saturated heterocycles. The van der Waals surface area contributed by atoms with Crippen molar-refractivity contribution in [2.75, 3.05) is 20.3 Å². The molecule has 1 saturated carbocycles. The molecule has 1 N–H and O–H groups in total. The molecule has 7 nitrogen and oxygen atoms in total. The van der Waals surface area contributed by atoms with Gasteiger partial charge in [-0.25, -0.2) is 17.8 Å². The van der Waals surface area contributed by atoms with E-state index in [1.807, 2.05) is 13.8 Å². The zero-order chi connectivity index (χ0) is 23.3. The second-order valence-electron chi connectivity index (χ2n) is 8.49. The first-order valence-electron chi connectivity index (χ1n) is 10.8. The Bertz CT molecular complexity index is 1020. The predicted molar refractivity (Wildman–Crippen MR) is 125 cm³/mol. The normalized spacial score (nSPS) is 14.0. The highest BCUT2D eigenvalue weighted by Crippen LogP contribution is 2.30. The molecule has 2 aromatic rings. The molecule has 176 valence electrons. The number of methoxy groups -OCH3 is 1. The number of aromatic nitrogens is 2. The maximum absolute atomic E-state index is 13.2. The molecule has 3 rings (SSSR count). The molecule has 1 fully saturated rings. The minimum Gasteiger partial charge on any atom is -0.383 e. The Kier molecular flexibility index (Phi) is 8.24. The lowest BCUT2D eigenvalue weighted by atomic mass is 10.2. The number of sulfone groups is 1. The number of nitrogens with zero attached hydrogens (tertiary/aromatic N) is 3. The number of thiocarbonyl (C=S) groups is 1. The van der Waals surface area contributed by atoms with E-state index >= 15 is 0 Å². The molecule has 0 bridgehead atoms. The van der Waals surface area contributed by atoms with Gasteiger partial charge in [-0.05, 0) is 62.5 Å². The number of rotatable bonds is 11. The van der Waals surface area contributed by atoms with Crippen molar-refractivity contribution in [3.05, 3.63) is 47.5 Å². The molecule has 32 heavy (non-hydrogen) atoms. The highest BCUT2D eigenvalue weighted by Gasteiger charge is 2.28. The molecule has 0 unspecified atom stereocenters. The van der Waals surface area contributed by atoms with Crippen molar-refractivity contribution in [1.82, 2.24) is 19.8 Å². The second kappa shape index (κ2) is 10.7.